The molecular formula is C45H33N. The van der Waals surface area contributed by atoms with E-state index in [9.17, 15) is 0 Å². The van der Waals surface area contributed by atoms with E-state index in [4.69, 9.17) is 0 Å². The molecule has 0 saturated carbocycles. The van der Waals surface area contributed by atoms with Crippen molar-refractivity contribution in [1.29, 1.82) is 0 Å². The molecule has 1 aliphatic rings. The quantitative estimate of drug-likeness (QED) is 0.193. The van der Waals surface area contributed by atoms with Crippen LogP contribution in [-0.2, 0) is 5.41 Å². The molecule has 0 saturated heterocycles. The minimum absolute atomic E-state index is 0.144. The summed E-state index contributed by atoms with van der Waals surface area (Å²) in [7, 11) is 0. The monoisotopic (exact) mass is 587 g/mol. The van der Waals surface area contributed by atoms with Gasteiger partial charge in [0.2, 0.25) is 0 Å². The van der Waals surface area contributed by atoms with Gasteiger partial charge in [-0.2, -0.15) is 0 Å². The normalized spacial score (nSPS) is 13.2. The average Bonchev–Trinajstić information content (AvgIpc) is 3.57. The highest BCUT2D eigenvalue weighted by atomic mass is 15.0. The number of benzene rings is 7. The molecule has 0 amide bonds. The van der Waals surface area contributed by atoms with E-state index in [1.807, 2.05) is 0 Å². The Morgan fingerprint density at radius 3 is 1.39 bits per heavy atom. The van der Waals surface area contributed by atoms with E-state index in [-0.39, 0.29) is 5.41 Å². The molecule has 1 aliphatic carbocycles. The highest BCUT2D eigenvalue weighted by molar-refractivity contribution is 6.09. The van der Waals surface area contributed by atoms with Gasteiger partial charge in [0.05, 0.1) is 11.0 Å². The number of hydrogen-bond acceptors (Lipinski definition) is 0. The summed E-state index contributed by atoms with van der Waals surface area (Å²) in [5.41, 5.74) is 16.4. The first-order valence-corrected chi connectivity index (χ1v) is 16.1. The third-order valence-electron chi connectivity index (χ3n) is 9.98. The Morgan fingerprint density at radius 2 is 0.826 bits per heavy atom. The minimum atomic E-state index is -0.144. The Kier molecular flexibility index (Phi) is 5.92. The van der Waals surface area contributed by atoms with Crippen molar-refractivity contribution in [1.82, 2.24) is 4.57 Å². The molecule has 0 bridgehead atoms. The van der Waals surface area contributed by atoms with E-state index in [2.05, 4.69) is 182 Å². The van der Waals surface area contributed by atoms with Crippen LogP contribution >= 0.6 is 0 Å². The van der Waals surface area contributed by atoms with Crippen molar-refractivity contribution in [2.24, 2.45) is 0 Å². The fraction of sp³-hybridized carbons (Fsp3) is 0.0667. The lowest BCUT2D eigenvalue weighted by atomic mass is 9.81. The molecule has 0 unspecified atom stereocenters. The van der Waals surface area contributed by atoms with Crippen LogP contribution in [0.25, 0.3) is 72.0 Å². The minimum Gasteiger partial charge on any atom is -0.309 e. The van der Waals surface area contributed by atoms with Gasteiger partial charge in [-0.05, 0) is 104 Å². The van der Waals surface area contributed by atoms with Gasteiger partial charge in [-0.1, -0.05) is 129 Å². The second-order valence-electron chi connectivity index (χ2n) is 13.0. The fourth-order valence-electron chi connectivity index (χ4n) is 7.63. The van der Waals surface area contributed by atoms with Crippen LogP contribution in [-0.4, -0.2) is 4.57 Å². The zero-order valence-electron chi connectivity index (χ0n) is 26.0. The van der Waals surface area contributed by atoms with Crippen LogP contribution in [0.2, 0.25) is 0 Å². The van der Waals surface area contributed by atoms with E-state index in [1.54, 1.807) is 0 Å². The summed E-state index contributed by atoms with van der Waals surface area (Å²) in [6.07, 6.45) is 0. The molecule has 46 heavy (non-hydrogen) atoms. The molecule has 1 heterocycles. The van der Waals surface area contributed by atoms with Crippen molar-refractivity contribution in [2.75, 3.05) is 0 Å². The molecule has 9 rings (SSSR count). The molecule has 1 aromatic heterocycles. The van der Waals surface area contributed by atoms with Crippen molar-refractivity contribution < 1.29 is 0 Å². The summed E-state index contributed by atoms with van der Waals surface area (Å²) >= 11 is 0. The second kappa shape index (κ2) is 10.2. The standard InChI is InChI=1S/C45H33N/c1-45(2)41-28-32(35-26-33(30-13-5-3-6-14-30)25-34(27-35)31-15-7-4-8-16-31)21-23-37(41)38-24-22-36(29-42(38)45)46-43-19-11-9-17-39(43)40-18-10-12-20-44(40)46/h3-29H,1-2H3. The maximum Gasteiger partial charge on any atom is 0.0541 e. The summed E-state index contributed by atoms with van der Waals surface area (Å²) in [5.74, 6) is 0. The fourth-order valence-corrected chi connectivity index (χ4v) is 7.63. The Labute approximate surface area is 270 Å². The lowest BCUT2D eigenvalue weighted by molar-refractivity contribution is 0.660. The SMILES string of the molecule is CC1(C)c2cc(-c3cc(-c4ccccc4)cc(-c4ccccc4)c3)ccc2-c2ccc(-n3c4ccccc4c4ccccc43)cc21. The molecule has 7 aromatic carbocycles. The van der Waals surface area contributed by atoms with E-state index in [0.29, 0.717) is 0 Å². The summed E-state index contributed by atoms with van der Waals surface area (Å²) < 4.78 is 2.43. The molecule has 0 aliphatic heterocycles. The highest BCUT2D eigenvalue weighted by Crippen LogP contribution is 2.51. The summed E-state index contributed by atoms with van der Waals surface area (Å²) in [6, 6.07) is 60.1. The number of rotatable bonds is 4. The van der Waals surface area contributed by atoms with Gasteiger partial charge in [0.1, 0.15) is 0 Å². The predicted octanol–water partition coefficient (Wildman–Crippen LogP) is 12.1. The molecule has 0 radical (unpaired) electrons. The molecule has 1 nitrogen and oxygen atoms in total. The van der Waals surface area contributed by atoms with Crippen LogP contribution in [0.5, 0.6) is 0 Å². The molecule has 0 N–H and O–H groups in total. The first-order chi connectivity index (χ1) is 22.6. The van der Waals surface area contributed by atoms with Crippen molar-refractivity contribution >= 4 is 21.8 Å². The molecule has 8 aromatic rings. The van der Waals surface area contributed by atoms with Crippen LogP contribution in [0.15, 0.2) is 164 Å². The van der Waals surface area contributed by atoms with Gasteiger partial charge in [0.15, 0.2) is 0 Å². The maximum absolute atomic E-state index is 2.44. The predicted molar refractivity (Wildman–Crippen MR) is 195 cm³/mol. The van der Waals surface area contributed by atoms with E-state index >= 15 is 0 Å². The van der Waals surface area contributed by atoms with E-state index in [1.165, 1.54) is 83.1 Å². The van der Waals surface area contributed by atoms with Crippen molar-refractivity contribution in [3.8, 4) is 50.2 Å². The molecule has 218 valence electrons. The second-order valence-corrected chi connectivity index (χ2v) is 13.0. The Bertz CT molecular complexity index is 2320. The smallest absolute Gasteiger partial charge is 0.0541 e. The highest BCUT2D eigenvalue weighted by Gasteiger charge is 2.36. The van der Waals surface area contributed by atoms with E-state index < -0.39 is 0 Å². The number of aromatic nitrogens is 1. The van der Waals surface area contributed by atoms with Gasteiger partial charge in [-0.3, -0.25) is 0 Å². The molecular weight excluding hydrogens is 555 g/mol. The molecule has 0 atom stereocenters. The number of para-hydroxylation sites is 2. The van der Waals surface area contributed by atoms with Gasteiger partial charge >= 0.3 is 0 Å². The van der Waals surface area contributed by atoms with Crippen molar-refractivity contribution in [2.45, 2.75) is 19.3 Å². The summed E-state index contributed by atoms with van der Waals surface area (Å²) in [5, 5.41) is 2.58. The van der Waals surface area contributed by atoms with Gasteiger partial charge in [-0.15, -0.1) is 0 Å². The molecule has 1 heteroatoms. The Balaban J connectivity index is 1.18. The van der Waals surface area contributed by atoms with E-state index in [0.717, 1.165) is 0 Å². The van der Waals surface area contributed by atoms with Crippen LogP contribution in [0.3, 0.4) is 0 Å². The third-order valence-corrected chi connectivity index (χ3v) is 9.98. The van der Waals surface area contributed by atoms with Gasteiger partial charge in [0.25, 0.3) is 0 Å². The lowest BCUT2D eigenvalue weighted by Crippen LogP contribution is -2.15. The lowest BCUT2D eigenvalue weighted by Gasteiger charge is -2.23. The number of hydrogen-bond donors (Lipinski definition) is 0. The number of nitrogens with zero attached hydrogens (tertiary/aromatic N) is 1. The van der Waals surface area contributed by atoms with Crippen LogP contribution in [0, 0.1) is 0 Å². The molecule has 0 fully saturated rings. The van der Waals surface area contributed by atoms with Gasteiger partial charge in [-0.25, -0.2) is 0 Å². The maximum atomic E-state index is 2.44. The van der Waals surface area contributed by atoms with Crippen molar-refractivity contribution in [3.05, 3.63) is 175 Å². The third kappa shape index (κ3) is 4.09. The van der Waals surface area contributed by atoms with Crippen LogP contribution in [0.4, 0.5) is 0 Å². The van der Waals surface area contributed by atoms with Crippen molar-refractivity contribution in [3.63, 3.8) is 0 Å². The largest absolute Gasteiger partial charge is 0.309 e. The first kappa shape index (κ1) is 26.7. The summed E-state index contributed by atoms with van der Waals surface area (Å²) in [4.78, 5) is 0. The first-order valence-electron chi connectivity index (χ1n) is 16.1. The Morgan fingerprint density at radius 1 is 0.370 bits per heavy atom. The summed E-state index contributed by atoms with van der Waals surface area (Å²) in [6.45, 7) is 4.76. The Hall–Kier alpha value is -5.66. The zero-order valence-corrected chi connectivity index (χ0v) is 26.0. The van der Waals surface area contributed by atoms with Crippen LogP contribution < -0.4 is 0 Å². The number of fused-ring (bicyclic) bond motifs is 6. The average molecular weight is 588 g/mol. The zero-order chi connectivity index (χ0) is 30.8. The van der Waals surface area contributed by atoms with Gasteiger partial charge < -0.3 is 4.57 Å². The topological polar surface area (TPSA) is 4.93 Å². The van der Waals surface area contributed by atoms with Gasteiger partial charge in [0, 0.05) is 21.9 Å². The molecule has 0 spiro atoms. The van der Waals surface area contributed by atoms with Crippen LogP contribution in [0.1, 0.15) is 25.0 Å².